The SMILES string of the molecule is Cc1oc(-c2ccco2)nc1CC(=O)NCC(O)Cc1ccccc1. The van der Waals surface area contributed by atoms with E-state index in [9.17, 15) is 9.90 Å². The summed E-state index contributed by atoms with van der Waals surface area (Å²) in [5.41, 5.74) is 1.58. The highest BCUT2D eigenvalue weighted by atomic mass is 16.4. The number of hydrogen-bond acceptors (Lipinski definition) is 5. The molecule has 130 valence electrons. The number of aromatic nitrogens is 1. The van der Waals surface area contributed by atoms with E-state index in [1.54, 1.807) is 19.1 Å². The quantitative estimate of drug-likeness (QED) is 0.690. The second-order valence-electron chi connectivity index (χ2n) is 5.82. The lowest BCUT2D eigenvalue weighted by Crippen LogP contribution is -2.34. The average Bonchev–Trinajstić information content (AvgIpc) is 3.24. The third-order valence-corrected chi connectivity index (χ3v) is 3.80. The summed E-state index contributed by atoms with van der Waals surface area (Å²) in [5.74, 6) is 1.24. The first-order chi connectivity index (χ1) is 12.1. The van der Waals surface area contributed by atoms with Gasteiger partial charge in [-0.15, -0.1) is 0 Å². The lowest BCUT2D eigenvalue weighted by Gasteiger charge is -2.11. The molecule has 0 aliphatic carbocycles. The molecule has 0 fully saturated rings. The Hall–Kier alpha value is -2.86. The van der Waals surface area contributed by atoms with E-state index in [4.69, 9.17) is 8.83 Å². The van der Waals surface area contributed by atoms with E-state index in [1.807, 2.05) is 30.3 Å². The topological polar surface area (TPSA) is 88.5 Å². The number of hydrogen-bond donors (Lipinski definition) is 2. The van der Waals surface area contributed by atoms with Gasteiger partial charge in [-0.05, 0) is 24.6 Å². The minimum atomic E-state index is -0.636. The molecule has 6 nitrogen and oxygen atoms in total. The van der Waals surface area contributed by atoms with Crippen LogP contribution in [0, 0.1) is 6.92 Å². The minimum absolute atomic E-state index is 0.0914. The Morgan fingerprint density at radius 2 is 2.04 bits per heavy atom. The number of rotatable bonds is 7. The number of carbonyl (C=O) groups is 1. The molecule has 3 aromatic rings. The van der Waals surface area contributed by atoms with Crippen LogP contribution in [0.4, 0.5) is 0 Å². The second-order valence-corrected chi connectivity index (χ2v) is 5.82. The molecule has 0 aliphatic heterocycles. The van der Waals surface area contributed by atoms with Gasteiger partial charge in [-0.2, -0.15) is 0 Å². The lowest BCUT2D eigenvalue weighted by molar-refractivity contribution is -0.120. The molecule has 6 heteroatoms. The molecule has 0 bridgehead atoms. The molecule has 1 aromatic carbocycles. The van der Waals surface area contributed by atoms with Gasteiger partial charge in [0.25, 0.3) is 5.89 Å². The van der Waals surface area contributed by atoms with Crippen molar-refractivity contribution in [3.63, 3.8) is 0 Å². The third-order valence-electron chi connectivity index (χ3n) is 3.80. The number of benzene rings is 1. The minimum Gasteiger partial charge on any atom is -0.459 e. The van der Waals surface area contributed by atoms with Crippen LogP contribution in [0.15, 0.2) is 57.6 Å². The number of nitrogens with zero attached hydrogens (tertiary/aromatic N) is 1. The first-order valence-corrected chi connectivity index (χ1v) is 8.10. The van der Waals surface area contributed by atoms with Crippen LogP contribution in [-0.4, -0.2) is 28.6 Å². The van der Waals surface area contributed by atoms with Gasteiger partial charge in [0.15, 0.2) is 5.76 Å². The van der Waals surface area contributed by atoms with Gasteiger partial charge in [0.2, 0.25) is 5.91 Å². The molecular weight excluding hydrogens is 320 g/mol. The van der Waals surface area contributed by atoms with Crippen molar-refractivity contribution >= 4 is 5.91 Å². The number of aryl methyl sites for hydroxylation is 1. The summed E-state index contributed by atoms with van der Waals surface area (Å²) in [6, 6.07) is 13.1. The van der Waals surface area contributed by atoms with Crippen LogP contribution in [0.25, 0.3) is 11.7 Å². The van der Waals surface area contributed by atoms with Crippen molar-refractivity contribution in [1.82, 2.24) is 10.3 Å². The Morgan fingerprint density at radius 3 is 2.76 bits per heavy atom. The molecule has 2 heterocycles. The van der Waals surface area contributed by atoms with E-state index in [0.717, 1.165) is 5.56 Å². The van der Waals surface area contributed by atoms with Gasteiger partial charge < -0.3 is 19.3 Å². The molecule has 0 aliphatic rings. The van der Waals surface area contributed by atoms with Crippen molar-refractivity contribution in [2.45, 2.75) is 25.9 Å². The molecule has 0 radical (unpaired) electrons. The van der Waals surface area contributed by atoms with Gasteiger partial charge in [0, 0.05) is 13.0 Å². The highest BCUT2D eigenvalue weighted by Crippen LogP contribution is 2.22. The Morgan fingerprint density at radius 1 is 1.24 bits per heavy atom. The predicted octanol–water partition coefficient (Wildman–Crippen LogP) is 2.51. The molecule has 0 saturated heterocycles. The van der Waals surface area contributed by atoms with Crippen LogP contribution in [0.1, 0.15) is 17.0 Å². The van der Waals surface area contributed by atoms with Gasteiger partial charge in [0.05, 0.1) is 24.5 Å². The van der Waals surface area contributed by atoms with Crippen molar-refractivity contribution in [2.24, 2.45) is 0 Å². The van der Waals surface area contributed by atoms with Crippen molar-refractivity contribution in [3.05, 3.63) is 65.7 Å². The first kappa shape index (κ1) is 17.0. The Labute approximate surface area is 145 Å². The fraction of sp³-hybridized carbons (Fsp3) is 0.263. The molecular formula is C19H20N2O4. The van der Waals surface area contributed by atoms with Crippen LogP contribution in [-0.2, 0) is 17.6 Å². The van der Waals surface area contributed by atoms with Crippen LogP contribution in [0.5, 0.6) is 0 Å². The maximum absolute atomic E-state index is 12.1. The zero-order chi connectivity index (χ0) is 17.6. The number of oxazole rings is 1. The van der Waals surface area contributed by atoms with Gasteiger partial charge >= 0.3 is 0 Å². The molecule has 2 aromatic heterocycles. The number of furan rings is 1. The van der Waals surface area contributed by atoms with E-state index in [2.05, 4.69) is 10.3 Å². The zero-order valence-electron chi connectivity index (χ0n) is 13.9. The largest absolute Gasteiger partial charge is 0.459 e. The van der Waals surface area contributed by atoms with Crippen LogP contribution >= 0.6 is 0 Å². The van der Waals surface area contributed by atoms with E-state index < -0.39 is 6.10 Å². The van der Waals surface area contributed by atoms with Crippen LogP contribution in [0.2, 0.25) is 0 Å². The third kappa shape index (κ3) is 4.58. The highest BCUT2D eigenvalue weighted by Gasteiger charge is 2.16. The van der Waals surface area contributed by atoms with E-state index >= 15 is 0 Å². The Kier molecular flexibility index (Phi) is 5.30. The molecule has 3 rings (SSSR count). The van der Waals surface area contributed by atoms with Gasteiger partial charge in [0.1, 0.15) is 5.76 Å². The second kappa shape index (κ2) is 7.81. The van der Waals surface area contributed by atoms with Crippen molar-refractivity contribution in [2.75, 3.05) is 6.54 Å². The molecule has 0 spiro atoms. The molecule has 1 atom stereocenters. The van der Waals surface area contributed by atoms with E-state index in [-0.39, 0.29) is 18.9 Å². The molecule has 0 saturated carbocycles. The summed E-state index contributed by atoms with van der Waals surface area (Å²) in [4.78, 5) is 16.4. The fourth-order valence-electron chi connectivity index (χ4n) is 2.50. The summed E-state index contributed by atoms with van der Waals surface area (Å²) in [5, 5.41) is 12.8. The summed E-state index contributed by atoms with van der Waals surface area (Å²) in [6.45, 7) is 1.95. The molecule has 2 N–H and O–H groups in total. The first-order valence-electron chi connectivity index (χ1n) is 8.10. The summed E-state index contributed by atoms with van der Waals surface area (Å²) in [7, 11) is 0. The Balaban J connectivity index is 1.51. The fourth-order valence-corrected chi connectivity index (χ4v) is 2.50. The van der Waals surface area contributed by atoms with Crippen molar-refractivity contribution in [1.29, 1.82) is 0 Å². The number of aliphatic hydroxyl groups excluding tert-OH is 1. The maximum atomic E-state index is 12.1. The van der Waals surface area contributed by atoms with Gasteiger partial charge in [-0.3, -0.25) is 4.79 Å². The zero-order valence-corrected chi connectivity index (χ0v) is 13.9. The monoisotopic (exact) mass is 340 g/mol. The number of amides is 1. The Bertz CT molecular complexity index is 809. The normalized spacial score (nSPS) is 12.1. The molecule has 25 heavy (non-hydrogen) atoms. The number of carbonyl (C=O) groups excluding carboxylic acids is 1. The van der Waals surface area contributed by atoms with Crippen molar-refractivity contribution < 1.29 is 18.7 Å². The summed E-state index contributed by atoms with van der Waals surface area (Å²) in [6.07, 6.45) is 1.49. The van der Waals surface area contributed by atoms with Gasteiger partial charge in [-0.25, -0.2) is 4.98 Å². The molecule has 1 amide bonds. The predicted molar refractivity (Wildman–Crippen MR) is 91.8 cm³/mol. The van der Waals surface area contributed by atoms with E-state index in [0.29, 0.717) is 29.5 Å². The summed E-state index contributed by atoms with van der Waals surface area (Å²) < 4.78 is 10.8. The molecule has 1 unspecified atom stereocenters. The standard InChI is InChI=1S/C19H20N2O4/c1-13-16(21-19(25-13)17-8-5-9-24-17)11-18(23)20-12-15(22)10-14-6-3-2-4-7-14/h2-9,15,22H,10-12H2,1H3,(H,20,23). The number of aliphatic hydroxyl groups is 1. The maximum Gasteiger partial charge on any atom is 0.263 e. The number of nitrogens with one attached hydrogen (secondary N) is 1. The van der Waals surface area contributed by atoms with Gasteiger partial charge in [-0.1, -0.05) is 30.3 Å². The van der Waals surface area contributed by atoms with E-state index in [1.165, 1.54) is 6.26 Å². The lowest BCUT2D eigenvalue weighted by atomic mass is 10.1. The smallest absolute Gasteiger partial charge is 0.263 e. The summed E-state index contributed by atoms with van der Waals surface area (Å²) >= 11 is 0. The van der Waals surface area contributed by atoms with Crippen molar-refractivity contribution in [3.8, 4) is 11.7 Å². The highest BCUT2D eigenvalue weighted by molar-refractivity contribution is 5.78. The van der Waals surface area contributed by atoms with Crippen LogP contribution in [0.3, 0.4) is 0 Å². The van der Waals surface area contributed by atoms with Crippen LogP contribution < -0.4 is 5.32 Å². The average molecular weight is 340 g/mol.